The Bertz CT molecular complexity index is 1340. The van der Waals surface area contributed by atoms with Gasteiger partial charge in [-0.2, -0.15) is 0 Å². The summed E-state index contributed by atoms with van der Waals surface area (Å²) in [5, 5.41) is 11.5. The second-order valence-corrected chi connectivity index (χ2v) is 9.40. The molecule has 1 aliphatic rings. The molecule has 1 unspecified atom stereocenters. The second-order valence-electron chi connectivity index (χ2n) is 9.40. The molecule has 1 fully saturated rings. The van der Waals surface area contributed by atoms with Crippen molar-refractivity contribution < 1.29 is 24.2 Å². The third-order valence-electron chi connectivity index (χ3n) is 6.38. The first kappa shape index (κ1) is 25.0. The largest absolute Gasteiger partial charge is 0.507 e. The van der Waals surface area contributed by atoms with Crippen LogP contribution in [0.3, 0.4) is 0 Å². The van der Waals surface area contributed by atoms with Crippen molar-refractivity contribution in [3.63, 3.8) is 0 Å². The summed E-state index contributed by atoms with van der Waals surface area (Å²) in [6, 6.07) is 18.9. The van der Waals surface area contributed by atoms with Crippen LogP contribution < -0.4 is 14.4 Å². The molecule has 3 aromatic rings. The van der Waals surface area contributed by atoms with Gasteiger partial charge in [0.15, 0.2) is 0 Å². The summed E-state index contributed by atoms with van der Waals surface area (Å²) >= 11 is 0. The lowest BCUT2D eigenvalue weighted by molar-refractivity contribution is -0.132. The number of carbonyl (C=O) groups excluding carboxylic acids is 2. The van der Waals surface area contributed by atoms with Gasteiger partial charge in [-0.3, -0.25) is 14.5 Å². The zero-order valence-corrected chi connectivity index (χ0v) is 21.2. The fraction of sp³-hybridized carbons (Fsp3) is 0.267. The van der Waals surface area contributed by atoms with Crippen molar-refractivity contribution >= 4 is 23.1 Å². The van der Waals surface area contributed by atoms with Crippen LogP contribution in [0.5, 0.6) is 11.5 Å². The molecule has 0 saturated carbocycles. The number of benzene rings is 3. The molecule has 6 heteroatoms. The van der Waals surface area contributed by atoms with Crippen molar-refractivity contribution in [2.24, 2.45) is 5.92 Å². The van der Waals surface area contributed by atoms with E-state index in [0.29, 0.717) is 40.8 Å². The Balaban J connectivity index is 1.91. The predicted molar refractivity (Wildman–Crippen MR) is 140 cm³/mol. The molecule has 4 rings (SSSR count). The average Bonchev–Trinajstić information content (AvgIpc) is 3.14. The molecule has 0 aliphatic carbocycles. The van der Waals surface area contributed by atoms with Gasteiger partial charge in [0.2, 0.25) is 0 Å². The maximum absolute atomic E-state index is 13.5. The predicted octanol–water partition coefficient (Wildman–Crippen LogP) is 5.97. The molecule has 6 nitrogen and oxygen atoms in total. The number of hydrogen-bond donors (Lipinski definition) is 1. The van der Waals surface area contributed by atoms with Crippen molar-refractivity contribution in [1.29, 1.82) is 0 Å². The third-order valence-corrected chi connectivity index (χ3v) is 6.38. The third kappa shape index (κ3) is 4.71. The number of ether oxygens (including phenoxy) is 2. The topological polar surface area (TPSA) is 76.1 Å². The van der Waals surface area contributed by atoms with Gasteiger partial charge in [0.1, 0.15) is 17.3 Å². The number of hydrogen-bond acceptors (Lipinski definition) is 5. The van der Waals surface area contributed by atoms with E-state index in [1.54, 1.807) is 49.6 Å². The molecule has 186 valence electrons. The highest BCUT2D eigenvalue weighted by Crippen LogP contribution is 2.44. The molecule has 1 saturated heterocycles. The summed E-state index contributed by atoms with van der Waals surface area (Å²) < 4.78 is 11.2. The van der Waals surface area contributed by atoms with Crippen molar-refractivity contribution in [3.05, 3.63) is 94.6 Å². The van der Waals surface area contributed by atoms with Crippen LogP contribution in [0.4, 0.5) is 5.69 Å². The van der Waals surface area contributed by atoms with Crippen LogP contribution in [-0.2, 0) is 9.59 Å². The normalized spacial score (nSPS) is 17.1. The minimum absolute atomic E-state index is 0.0233. The van der Waals surface area contributed by atoms with Gasteiger partial charge in [-0.15, -0.1) is 0 Å². The number of aryl methyl sites for hydroxylation is 1. The van der Waals surface area contributed by atoms with Crippen LogP contribution >= 0.6 is 0 Å². The first-order chi connectivity index (χ1) is 17.2. The number of anilines is 1. The van der Waals surface area contributed by atoms with Gasteiger partial charge in [-0.1, -0.05) is 50.2 Å². The van der Waals surface area contributed by atoms with Crippen molar-refractivity contribution in [3.8, 4) is 11.5 Å². The lowest BCUT2D eigenvalue weighted by Gasteiger charge is -2.27. The molecule has 36 heavy (non-hydrogen) atoms. The summed E-state index contributed by atoms with van der Waals surface area (Å²) in [5.74, 6) is -0.181. The number of carbonyl (C=O) groups is 2. The number of amides is 1. The fourth-order valence-electron chi connectivity index (χ4n) is 4.36. The standard InChI is InChI=1S/C30H31NO5/c1-18(2)17-36-24-13-8-11-22(16-24)28(32)26-27(21-10-7-12-23(15-21)35-5)31(30(34)29(26)33)25-14-6-9-19(3)20(25)4/h6-16,18,27,32H,17H2,1-5H3/b28-26+. The molecular formula is C30H31NO5. The van der Waals surface area contributed by atoms with E-state index in [4.69, 9.17) is 9.47 Å². The fourth-order valence-corrected chi connectivity index (χ4v) is 4.36. The van der Waals surface area contributed by atoms with E-state index in [1.807, 2.05) is 52.0 Å². The monoisotopic (exact) mass is 485 g/mol. The molecule has 1 heterocycles. The molecule has 0 aromatic heterocycles. The number of aliphatic hydroxyl groups excluding tert-OH is 1. The second kappa shape index (κ2) is 10.3. The Morgan fingerprint density at radius 2 is 1.67 bits per heavy atom. The molecule has 0 bridgehead atoms. The molecule has 1 amide bonds. The van der Waals surface area contributed by atoms with E-state index in [0.717, 1.165) is 11.1 Å². The van der Waals surface area contributed by atoms with E-state index in [2.05, 4.69) is 0 Å². The van der Waals surface area contributed by atoms with Gasteiger partial charge in [0, 0.05) is 11.3 Å². The molecule has 3 aromatic carbocycles. The van der Waals surface area contributed by atoms with E-state index in [1.165, 1.54) is 4.90 Å². The van der Waals surface area contributed by atoms with Gasteiger partial charge in [-0.05, 0) is 66.8 Å². The van der Waals surface area contributed by atoms with Crippen LogP contribution in [-0.4, -0.2) is 30.5 Å². The number of Topliss-reactive ketones (excluding diaryl/α,β-unsaturated/α-hetero) is 1. The van der Waals surface area contributed by atoms with Crippen LogP contribution in [0.25, 0.3) is 5.76 Å². The van der Waals surface area contributed by atoms with Gasteiger partial charge in [0.05, 0.1) is 25.3 Å². The quantitative estimate of drug-likeness (QED) is 0.253. The van der Waals surface area contributed by atoms with Crippen LogP contribution in [0.1, 0.15) is 42.1 Å². The maximum Gasteiger partial charge on any atom is 0.300 e. The number of nitrogens with zero attached hydrogens (tertiary/aromatic N) is 1. The van der Waals surface area contributed by atoms with Gasteiger partial charge >= 0.3 is 0 Å². The highest BCUT2D eigenvalue weighted by Gasteiger charge is 2.47. The minimum atomic E-state index is -0.833. The Hall–Kier alpha value is -4.06. The van der Waals surface area contributed by atoms with E-state index in [-0.39, 0.29) is 11.3 Å². The number of rotatable bonds is 7. The number of aliphatic hydroxyl groups is 1. The molecule has 1 aliphatic heterocycles. The average molecular weight is 486 g/mol. The Labute approximate surface area is 211 Å². The maximum atomic E-state index is 13.5. The molecule has 0 spiro atoms. The van der Waals surface area contributed by atoms with E-state index >= 15 is 0 Å². The van der Waals surface area contributed by atoms with Crippen LogP contribution in [0.2, 0.25) is 0 Å². The Kier molecular flexibility index (Phi) is 7.15. The summed E-state index contributed by atoms with van der Waals surface area (Å²) in [4.78, 5) is 28.4. The first-order valence-electron chi connectivity index (χ1n) is 12.0. The Morgan fingerprint density at radius 1 is 0.972 bits per heavy atom. The summed E-state index contributed by atoms with van der Waals surface area (Å²) in [6.45, 7) is 8.49. The van der Waals surface area contributed by atoms with Gasteiger partial charge in [-0.25, -0.2) is 0 Å². The SMILES string of the molecule is COc1cccc(C2/C(=C(\O)c3cccc(OCC(C)C)c3)C(=O)C(=O)N2c2cccc(C)c2C)c1. The smallest absolute Gasteiger partial charge is 0.300 e. The zero-order valence-electron chi connectivity index (χ0n) is 21.2. The van der Waals surface area contributed by atoms with Crippen molar-refractivity contribution in [1.82, 2.24) is 0 Å². The van der Waals surface area contributed by atoms with Crippen molar-refractivity contribution in [2.75, 3.05) is 18.6 Å². The number of methoxy groups -OCH3 is 1. The highest BCUT2D eigenvalue weighted by molar-refractivity contribution is 6.51. The van der Waals surface area contributed by atoms with E-state index in [9.17, 15) is 14.7 Å². The molecule has 1 atom stereocenters. The molecular weight excluding hydrogens is 454 g/mol. The highest BCUT2D eigenvalue weighted by atomic mass is 16.5. The van der Waals surface area contributed by atoms with Gasteiger partial charge < -0.3 is 14.6 Å². The van der Waals surface area contributed by atoms with Crippen molar-refractivity contribution in [2.45, 2.75) is 33.7 Å². The van der Waals surface area contributed by atoms with E-state index < -0.39 is 17.7 Å². The number of ketones is 1. The summed E-state index contributed by atoms with van der Waals surface area (Å²) in [5.41, 5.74) is 3.59. The van der Waals surface area contributed by atoms with Crippen LogP contribution in [0.15, 0.2) is 72.3 Å². The van der Waals surface area contributed by atoms with Gasteiger partial charge in [0.25, 0.3) is 11.7 Å². The van der Waals surface area contributed by atoms with Crippen LogP contribution in [0, 0.1) is 19.8 Å². The lowest BCUT2D eigenvalue weighted by Crippen LogP contribution is -2.30. The Morgan fingerprint density at radius 3 is 2.39 bits per heavy atom. The summed E-state index contributed by atoms with van der Waals surface area (Å²) in [6.07, 6.45) is 0. The molecule has 1 N–H and O–H groups in total. The first-order valence-corrected chi connectivity index (χ1v) is 12.0. The lowest BCUT2D eigenvalue weighted by atomic mass is 9.94. The molecule has 0 radical (unpaired) electrons. The minimum Gasteiger partial charge on any atom is -0.507 e. The summed E-state index contributed by atoms with van der Waals surface area (Å²) in [7, 11) is 1.56. The zero-order chi connectivity index (χ0) is 26.0.